The number of benzene rings is 1. The molecule has 5 nitrogen and oxygen atoms in total. The first kappa shape index (κ1) is 18.2. The first-order valence-electron chi connectivity index (χ1n) is 8.47. The summed E-state index contributed by atoms with van der Waals surface area (Å²) in [6.45, 7) is 4.84. The molecular formula is C18H18F3N4OP. The van der Waals surface area contributed by atoms with E-state index in [1.54, 1.807) is 25.6 Å². The Morgan fingerprint density at radius 1 is 1.15 bits per heavy atom. The van der Waals surface area contributed by atoms with Crippen LogP contribution in [-0.4, -0.2) is 41.2 Å². The van der Waals surface area contributed by atoms with E-state index in [2.05, 4.69) is 15.4 Å². The van der Waals surface area contributed by atoms with E-state index >= 15 is 0 Å². The summed E-state index contributed by atoms with van der Waals surface area (Å²) in [4.78, 5) is 4.42. The normalized spacial score (nSPS) is 15.9. The zero-order valence-corrected chi connectivity index (χ0v) is 15.7. The highest BCUT2D eigenvalue weighted by molar-refractivity contribution is 7.70. The number of rotatable bonds is 3. The summed E-state index contributed by atoms with van der Waals surface area (Å²) in [6, 6.07) is 6.73. The quantitative estimate of drug-likeness (QED) is 0.691. The van der Waals surface area contributed by atoms with Gasteiger partial charge in [0.15, 0.2) is 0 Å². The van der Waals surface area contributed by atoms with Gasteiger partial charge in [0, 0.05) is 30.2 Å². The Bertz CT molecular complexity index is 1050. The number of pyridine rings is 1. The minimum Gasteiger partial charge on any atom is -0.319 e. The highest BCUT2D eigenvalue weighted by Crippen LogP contribution is 2.40. The molecule has 3 aromatic rings. The smallest absolute Gasteiger partial charge is 0.319 e. The third-order valence-corrected chi connectivity index (χ3v) is 6.26. The molecule has 1 saturated heterocycles. The van der Waals surface area contributed by atoms with E-state index in [0.717, 1.165) is 25.2 Å². The first-order valence-corrected chi connectivity index (χ1v) is 11.1. The topological polar surface area (TPSA) is 59.8 Å². The van der Waals surface area contributed by atoms with Gasteiger partial charge in [-0.1, -0.05) is 12.1 Å². The number of alkyl halides is 3. The fraction of sp³-hybridized carbons (Fsp3) is 0.333. The van der Waals surface area contributed by atoms with Gasteiger partial charge in [-0.2, -0.15) is 18.3 Å². The van der Waals surface area contributed by atoms with Crippen LogP contribution in [0.5, 0.6) is 0 Å². The maximum atomic E-state index is 12.9. The molecule has 9 heteroatoms. The lowest BCUT2D eigenvalue weighted by molar-refractivity contribution is -0.137. The van der Waals surface area contributed by atoms with Gasteiger partial charge in [0.05, 0.1) is 17.1 Å². The summed E-state index contributed by atoms with van der Waals surface area (Å²) in [7, 11) is -2.59. The molecule has 1 aromatic carbocycles. The average Bonchev–Trinajstić information content (AvgIpc) is 2.91. The van der Waals surface area contributed by atoms with Gasteiger partial charge in [-0.15, -0.1) is 0 Å². The van der Waals surface area contributed by atoms with Crippen molar-refractivity contribution < 1.29 is 17.7 Å². The van der Waals surface area contributed by atoms with Gasteiger partial charge in [-0.05, 0) is 31.5 Å². The fourth-order valence-electron chi connectivity index (χ4n) is 3.20. The third kappa shape index (κ3) is 3.17. The monoisotopic (exact) mass is 394 g/mol. The number of hydrogen-bond donors (Lipinski definition) is 1. The Hall–Kier alpha value is -2.18. The van der Waals surface area contributed by atoms with Crippen LogP contribution >= 0.6 is 7.14 Å². The lowest BCUT2D eigenvalue weighted by Gasteiger charge is -2.28. The zero-order chi connectivity index (χ0) is 19.4. The van der Waals surface area contributed by atoms with Crippen molar-refractivity contribution in [1.29, 1.82) is 0 Å². The van der Waals surface area contributed by atoms with Crippen LogP contribution in [-0.2, 0) is 10.7 Å². The summed E-state index contributed by atoms with van der Waals surface area (Å²) in [5.41, 5.74) is 1.60. The van der Waals surface area contributed by atoms with Crippen LogP contribution < -0.4 is 10.6 Å². The number of aromatic nitrogens is 3. The molecule has 0 aliphatic carbocycles. The molecule has 0 spiro atoms. The summed E-state index contributed by atoms with van der Waals surface area (Å²) < 4.78 is 53.2. The van der Waals surface area contributed by atoms with Gasteiger partial charge < -0.3 is 9.88 Å². The molecule has 3 heterocycles. The van der Waals surface area contributed by atoms with E-state index in [1.807, 2.05) is 4.68 Å². The largest absolute Gasteiger partial charge is 0.416 e. The lowest BCUT2D eigenvalue weighted by Crippen LogP contribution is -2.44. The standard InChI is InChI=1S/C18H18F3N4OP/c1-27(2,26)14-7-8-23-16-15(24-25(17(14)16)13-9-22-10-13)11-3-5-12(6-4-11)18(19,20)21/h3-8,13,22H,9-10H2,1-2H3. The Labute approximate surface area is 154 Å². The Kier molecular flexibility index (Phi) is 4.16. The molecule has 1 N–H and O–H groups in total. The number of nitrogens with zero attached hydrogens (tertiary/aromatic N) is 3. The van der Waals surface area contributed by atoms with Crippen molar-refractivity contribution in [3.63, 3.8) is 0 Å². The van der Waals surface area contributed by atoms with Crippen molar-refractivity contribution in [2.45, 2.75) is 12.2 Å². The number of nitrogens with one attached hydrogen (secondary N) is 1. The van der Waals surface area contributed by atoms with Crippen LogP contribution in [0.2, 0.25) is 0 Å². The van der Waals surface area contributed by atoms with Gasteiger partial charge in [-0.3, -0.25) is 9.67 Å². The van der Waals surface area contributed by atoms with Crippen molar-refractivity contribution in [2.75, 3.05) is 26.4 Å². The number of hydrogen-bond acceptors (Lipinski definition) is 4. The molecule has 0 bridgehead atoms. The predicted molar refractivity (Wildman–Crippen MR) is 99.0 cm³/mol. The molecule has 142 valence electrons. The Morgan fingerprint density at radius 2 is 1.81 bits per heavy atom. The van der Waals surface area contributed by atoms with Crippen molar-refractivity contribution in [1.82, 2.24) is 20.1 Å². The van der Waals surface area contributed by atoms with Gasteiger partial charge in [0.1, 0.15) is 18.4 Å². The van der Waals surface area contributed by atoms with Gasteiger partial charge in [-0.25, -0.2) is 0 Å². The van der Waals surface area contributed by atoms with E-state index in [1.165, 1.54) is 12.1 Å². The van der Waals surface area contributed by atoms with Crippen molar-refractivity contribution in [3.05, 3.63) is 42.1 Å². The second-order valence-electron chi connectivity index (χ2n) is 7.06. The zero-order valence-electron chi connectivity index (χ0n) is 14.8. The predicted octanol–water partition coefficient (Wildman–Crippen LogP) is 3.51. The molecule has 1 aliphatic heterocycles. The Morgan fingerprint density at radius 3 is 2.33 bits per heavy atom. The van der Waals surface area contributed by atoms with Crippen LogP contribution in [0.4, 0.5) is 13.2 Å². The summed E-state index contributed by atoms with van der Waals surface area (Å²) in [6.07, 6.45) is -2.81. The van der Waals surface area contributed by atoms with Crippen molar-refractivity contribution >= 4 is 23.5 Å². The van der Waals surface area contributed by atoms with Crippen molar-refractivity contribution in [2.24, 2.45) is 0 Å². The van der Waals surface area contributed by atoms with E-state index in [-0.39, 0.29) is 6.04 Å². The molecule has 0 unspecified atom stereocenters. The Balaban J connectivity index is 1.93. The molecule has 0 radical (unpaired) electrons. The molecule has 4 rings (SSSR count). The van der Waals surface area contributed by atoms with Crippen LogP contribution in [0.25, 0.3) is 22.3 Å². The third-order valence-electron chi connectivity index (χ3n) is 4.74. The fourth-order valence-corrected chi connectivity index (χ4v) is 4.35. The first-order chi connectivity index (χ1) is 12.7. The highest BCUT2D eigenvalue weighted by Gasteiger charge is 2.31. The molecule has 1 aliphatic rings. The van der Waals surface area contributed by atoms with Crippen LogP contribution in [0.15, 0.2) is 36.5 Å². The molecular weight excluding hydrogens is 376 g/mol. The average molecular weight is 394 g/mol. The molecule has 27 heavy (non-hydrogen) atoms. The van der Waals surface area contributed by atoms with E-state index in [0.29, 0.717) is 27.6 Å². The molecule has 1 fully saturated rings. The molecule has 0 atom stereocenters. The minimum absolute atomic E-state index is 0.102. The van der Waals surface area contributed by atoms with Gasteiger partial charge >= 0.3 is 6.18 Å². The molecule has 0 amide bonds. The second kappa shape index (κ2) is 6.17. The summed E-state index contributed by atoms with van der Waals surface area (Å²) in [5.74, 6) is 0. The SMILES string of the molecule is CP(C)(=O)c1ccnc2c(-c3ccc(C(F)(F)F)cc3)nn(C3CNC3)c12. The van der Waals surface area contributed by atoms with Crippen molar-refractivity contribution in [3.8, 4) is 11.3 Å². The van der Waals surface area contributed by atoms with Gasteiger partial charge in [0.25, 0.3) is 0 Å². The lowest BCUT2D eigenvalue weighted by atomic mass is 10.1. The van der Waals surface area contributed by atoms with E-state index < -0.39 is 18.9 Å². The second-order valence-corrected chi connectivity index (χ2v) is 10.2. The summed E-state index contributed by atoms with van der Waals surface area (Å²) in [5, 5.41) is 8.53. The van der Waals surface area contributed by atoms with Gasteiger partial charge in [0.2, 0.25) is 0 Å². The van der Waals surface area contributed by atoms with Crippen LogP contribution in [0, 0.1) is 0 Å². The van der Waals surface area contributed by atoms with E-state index in [4.69, 9.17) is 0 Å². The van der Waals surface area contributed by atoms with Crippen LogP contribution in [0.1, 0.15) is 11.6 Å². The maximum Gasteiger partial charge on any atom is 0.416 e. The summed E-state index contributed by atoms with van der Waals surface area (Å²) >= 11 is 0. The maximum absolute atomic E-state index is 12.9. The van der Waals surface area contributed by atoms with Crippen LogP contribution in [0.3, 0.4) is 0 Å². The van der Waals surface area contributed by atoms with E-state index in [9.17, 15) is 17.7 Å². The minimum atomic E-state index is -4.39. The molecule has 0 saturated carbocycles. The number of halogens is 3. The highest BCUT2D eigenvalue weighted by atomic mass is 31.2. The number of fused-ring (bicyclic) bond motifs is 1. The molecule has 2 aromatic heterocycles.